The third-order valence-corrected chi connectivity index (χ3v) is 7.58. The summed E-state index contributed by atoms with van der Waals surface area (Å²) in [5, 5.41) is 4.39. The number of carbonyl (C=O) groups is 1. The van der Waals surface area contributed by atoms with E-state index in [2.05, 4.69) is 46.6 Å². The van der Waals surface area contributed by atoms with Crippen molar-refractivity contribution in [3.8, 4) is 11.5 Å². The lowest BCUT2D eigenvalue weighted by molar-refractivity contribution is 0.260. The number of methoxy groups -OCH3 is 2. The zero-order chi connectivity index (χ0) is 23.7. The van der Waals surface area contributed by atoms with E-state index in [4.69, 9.17) is 14.5 Å². The van der Waals surface area contributed by atoms with Crippen molar-refractivity contribution in [2.75, 3.05) is 25.7 Å². The first-order valence-corrected chi connectivity index (χ1v) is 12.7. The summed E-state index contributed by atoms with van der Waals surface area (Å²) in [4.78, 5) is 19.3. The molecule has 178 valence electrons. The molecule has 1 unspecified atom stereocenters. The second-order valence-electron chi connectivity index (χ2n) is 8.76. The number of thioether (sulfide) groups is 1. The predicted molar refractivity (Wildman–Crippen MR) is 138 cm³/mol. The van der Waals surface area contributed by atoms with Gasteiger partial charge in [0.15, 0.2) is 11.5 Å². The van der Waals surface area contributed by atoms with Gasteiger partial charge in [-0.1, -0.05) is 24.8 Å². The van der Waals surface area contributed by atoms with Crippen LogP contribution in [-0.2, 0) is 6.42 Å². The zero-order valence-corrected chi connectivity index (χ0v) is 20.7. The number of amides is 1. The largest absolute Gasteiger partial charge is 0.493 e. The van der Waals surface area contributed by atoms with E-state index < -0.39 is 0 Å². The number of aliphatic imine (C=N–C) groups is 1. The van der Waals surface area contributed by atoms with Crippen LogP contribution < -0.4 is 19.8 Å². The van der Waals surface area contributed by atoms with E-state index in [1.54, 1.807) is 14.2 Å². The Hall–Kier alpha value is -3.00. The maximum atomic E-state index is 11.8. The van der Waals surface area contributed by atoms with E-state index >= 15 is 0 Å². The quantitative estimate of drug-likeness (QED) is 0.467. The molecule has 0 spiro atoms. The highest BCUT2D eigenvalue weighted by Gasteiger charge is 2.29. The fraction of sp³-hybridized carbons (Fsp3) is 0.423. The Morgan fingerprint density at radius 2 is 2.00 bits per heavy atom. The Morgan fingerprint density at radius 3 is 2.74 bits per heavy atom. The molecule has 1 aliphatic carbocycles. The minimum atomic E-state index is -0.0874. The van der Waals surface area contributed by atoms with Crippen LogP contribution in [0.2, 0.25) is 0 Å². The van der Waals surface area contributed by atoms with Gasteiger partial charge in [0.25, 0.3) is 5.24 Å². The molecule has 0 radical (unpaired) electrons. The van der Waals surface area contributed by atoms with Crippen LogP contribution in [0.25, 0.3) is 0 Å². The van der Waals surface area contributed by atoms with Crippen molar-refractivity contribution in [2.24, 2.45) is 10.1 Å². The molecule has 1 fully saturated rings. The van der Waals surface area contributed by atoms with Gasteiger partial charge in [0.1, 0.15) is 5.84 Å². The van der Waals surface area contributed by atoms with Gasteiger partial charge in [0.2, 0.25) is 0 Å². The van der Waals surface area contributed by atoms with Crippen LogP contribution in [0.15, 0.2) is 46.5 Å². The van der Waals surface area contributed by atoms with Gasteiger partial charge in [-0.25, -0.2) is 5.43 Å². The first-order chi connectivity index (χ1) is 16.6. The van der Waals surface area contributed by atoms with Crippen LogP contribution in [0.3, 0.4) is 0 Å². The van der Waals surface area contributed by atoms with Gasteiger partial charge in [-0.3, -0.25) is 9.79 Å². The summed E-state index contributed by atoms with van der Waals surface area (Å²) < 4.78 is 11.0. The molecule has 7 nitrogen and oxygen atoms in total. The Morgan fingerprint density at radius 1 is 1.18 bits per heavy atom. The molecule has 0 bridgehead atoms. The van der Waals surface area contributed by atoms with E-state index in [1.807, 2.05) is 12.1 Å². The summed E-state index contributed by atoms with van der Waals surface area (Å²) in [5.41, 5.74) is 8.15. The minimum absolute atomic E-state index is 0.0743. The number of anilines is 1. The number of benzene rings is 2. The van der Waals surface area contributed by atoms with Crippen LogP contribution in [0, 0.1) is 0 Å². The summed E-state index contributed by atoms with van der Waals surface area (Å²) in [6.45, 7) is 3.01. The van der Waals surface area contributed by atoms with Gasteiger partial charge in [0.05, 0.1) is 31.2 Å². The molecule has 3 aliphatic rings. The van der Waals surface area contributed by atoms with E-state index in [0.717, 1.165) is 61.3 Å². The lowest BCUT2D eigenvalue weighted by Gasteiger charge is -2.33. The highest BCUT2D eigenvalue weighted by atomic mass is 32.2. The second-order valence-corrected chi connectivity index (χ2v) is 9.94. The van der Waals surface area contributed by atoms with Gasteiger partial charge in [-0.2, -0.15) is 5.10 Å². The van der Waals surface area contributed by atoms with Crippen LogP contribution >= 0.6 is 11.8 Å². The number of ether oxygens (including phenoxy) is 2. The summed E-state index contributed by atoms with van der Waals surface area (Å²) in [5.74, 6) is 2.40. The van der Waals surface area contributed by atoms with E-state index in [9.17, 15) is 4.79 Å². The zero-order valence-electron chi connectivity index (χ0n) is 19.8. The van der Waals surface area contributed by atoms with Crippen molar-refractivity contribution in [2.45, 2.75) is 50.3 Å². The third kappa shape index (κ3) is 4.51. The van der Waals surface area contributed by atoms with E-state index in [1.165, 1.54) is 23.0 Å². The molecule has 1 saturated carbocycles. The standard InChI is InChI=1S/C26H30N4O3S/c1-4-23-24(28-29-26(31)34-23)17-7-11-20-16(14-17)6-5-13-30(20)25(27-19-9-10-19)18-8-12-21(32-2)22(15-18)33-3/h7-8,11-12,14-15,19,23H,4-6,9-10,13H2,1-3H3,(H,29,31). The Balaban J connectivity index is 1.52. The summed E-state index contributed by atoms with van der Waals surface area (Å²) >= 11 is 1.32. The van der Waals surface area contributed by atoms with Crippen molar-refractivity contribution in [1.29, 1.82) is 0 Å². The average Bonchev–Trinajstić information content (AvgIpc) is 3.70. The van der Waals surface area contributed by atoms with Crippen molar-refractivity contribution in [1.82, 2.24) is 5.43 Å². The number of aryl methyl sites for hydroxylation is 1. The van der Waals surface area contributed by atoms with Gasteiger partial charge < -0.3 is 14.4 Å². The number of amidine groups is 1. The number of hydrogen-bond donors (Lipinski definition) is 1. The van der Waals surface area contributed by atoms with Crippen LogP contribution in [0.1, 0.15) is 49.3 Å². The van der Waals surface area contributed by atoms with Crippen molar-refractivity contribution in [3.05, 3.63) is 53.1 Å². The van der Waals surface area contributed by atoms with Crippen molar-refractivity contribution < 1.29 is 14.3 Å². The number of hydrazone groups is 1. The SMILES string of the molecule is CCC1SC(=O)NN=C1c1ccc2c(c1)CCCN2C(=NC1CC1)c1ccc(OC)c(OC)c1. The number of nitrogens with zero attached hydrogens (tertiary/aromatic N) is 3. The topological polar surface area (TPSA) is 75.5 Å². The molecule has 1 N–H and O–H groups in total. The van der Waals surface area contributed by atoms with Gasteiger partial charge >= 0.3 is 0 Å². The summed E-state index contributed by atoms with van der Waals surface area (Å²) in [7, 11) is 3.31. The molecule has 0 aromatic heterocycles. The molecule has 0 saturated heterocycles. The minimum Gasteiger partial charge on any atom is -0.493 e. The van der Waals surface area contributed by atoms with Crippen LogP contribution in [0.5, 0.6) is 11.5 Å². The lowest BCUT2D eigenvalue weighted by atomic mass is 9.95. The monoisotopic (exact) mass is 478 g/mol. The number of rotatable bonds is 6. The predicted octanol–water partition coefficient (Wildman–Crippen LogP) is 5.00. The number of nitrogens with one attached hydrogen (secondary N) is 1. The van der Waals surface area contributed by atoms with E-state index in [-0.39, 0.29) is 10.5 Å². The van der Waals surface area contributed by atoms with Crippen molar-refractivity contribution >= 4 is 34.2 Å². The fourth-order valence-electron chi connectivity index (χ4n) is 4.54. The van der Waals surface area contributed by atoms with Gasteiger partial charge in [-0.15, -0.1) is 0 Å². The highest BCUT2D eigenvalue weighted by molar-refractivity contribution is 8.14. The fourth-order valence-corrected chi connectivity index (χ4v) is 5.37. The first-order valence-electron chi connectivity index (χ1n) is 11.9. The van der Waals surface area contributed by atoms with Crippen LogP contribution in [0.4, 0.5) is 10.5 Å². The molecule has 2 aromatic carbocycles. The third-order valence-electron chi connectivity index (χ3n) is 6.44. The van der Waals surface area contributed by atoms with Gasteiger partial charge in [0, 0.05) is 17.8 Å². The second kappa shape index (κ2) is 9.70. The molecule has 34 heavy (non-hydrogen) atoms. The molecule has 2 heterocycles. The molecule has 1 amide bonds. The molecule has 1 atom stereocenters. The molecular formula is C26H30N4O3S. The molecule has 5 rings (SSSR count). The Labute approximate surface area is 204 Å². The average molecular weight is 479 g/mol. The highest BCUT2D eigenvalue weighted by Crippen LogP contribution is 2.35. The maximum absolute atomic E-state index is 11.8. The summed E-state index contributed by atoms with van der Waals surface area (Å²) in [6, 6.07) is 13.0. The maximum Gasteiger partial charge on any atom is 0.299 e. The Bertz CT molecular complexity index is 1160. The Kier molecular flexibility index (Phi) is 6.50. The molecule has 8 heteroatoms. The number of fused-ring (bicyclic) bond motifs is 1. The first kappa shape index (κ1) is 22.8. The lowest BCUT2D eigenvalue weighted by Crippen LogP contribution is -2.37. The van der Waals surface area contributed by atoms with Gasteiger partial charge in [-0.05, 0) is 73.6 Å². The summed E-state index contributed by atoms with van der Waals surface area (Å²) in [6.07, 6.45) is 5.18. The smallest absolute Gasteiger partial charge is 0.299 e. The normalized spacial score (nSPS) is 20.4. The van der Waals surface area contributed by atoms with Crippen molar-refractivity contribution in [3.63, 3.8) is 0 Å². The molecule has 2 aromatic rings. The van der Waals surface area contributed by atoms with E-state index in [0.29, 0.717) is 17.5 Å². The van der Waals surface area contributed by atoms with Crippen LogP contribution in [-0.4, -0.2) is 48.8 Å². The molecular weight excluding hydrogens is 448 g/mol. The number of carbonyl (C=O) groups excluding carboxylic acids is 1. The molecule has 2 aliphatic heterocycles. The number of hydrogen-bond acceptors (Lipinski definition) is 6.